The van der Waals surface area contributed by atoms with Gasteiger partial charge in [-0.05, 0) is 6.42 Å². The van der Waals surface area contributed by atoms with E-state index in [1.165, 1.54) is 0 Å². The van der Waals surface area contributed by atoms with Gasteiger partial charge in [0, 0.05) is 6.04 Å². The van der Waals surface area contributed by atoms with Gasteiger partial charge in [-0.1, -0.05) is 12.2 Å². The highest BCUT2D eigenvalue weighted by Gasteiger charge is 2.27. The highest BCUT2D eigenvalue weighted by molar-refractivity contribution is 5.83. The monoisotopic (exact) mass is 137 g/mol. The van der Waals surface area contributed by atoms with Crippen LogP contribution in [-0.2, 0) is 4.79 Å². The molecule has 0 unspecified atom stereocenters. The third kappa shape index (κ3) is 1.10. The molecule has 54 valence electrons. The SMILES string of the molecule is C=C[C@@H]1C[C@H](C=C)NC1=O. The summed E-state index contributed by atoms with van der Waals surface area (Å²) >= 11 is 0. The van der Waals surface area contributed by atoms with Crippen molar-refractivity contribution in [1.29, 1.82) is 0 Å². The summed E-state index contributed by atoms with van der Waals surface area (Å²) in [7, 11) is 0. The van der Waals surface area contributed by atoms with Gasteiger partial charge in [-0.25, -0.2) is 0 Å². The van der Waals surface area contributed by atoms with Crippen molar-refractivity contribution in [2.75, 3.05) is 0 Å². The molecule has 0 radical (unpaired) electrons. The van der Waals surface area contributed by atoms with Gasteiger partial charge in [-0.2, -0.15) is 0 Å². The first-order valence-electron chi connectivity index (χ1n) is 3.33. The van der Waals surface area contributed by atoms with Crippen LogP contribution in [-0.4, -0.2) is 11.9 Å². The third-order valence-corrected chi connectivity index (χ3v) is 1.74. The average molecular weight is 137 g/mol. The Morgan fingerprint density at radius 3 is 2.50 bits per heavy atom. The predicted octanol–water partition coefficient (Wildman–Crippen LogP) is 0.863. The van der Waals surface area contributed by atoms with Gasteiger partial charge in [0.25, 0.3) is 0 Å². The Morgan fingerprint density at radius 1 is 1.50 bits per heavy atom. The molecule has 1 aliphatic rings. The van der Waals surface area contributed by atoms with Crippen LogP contribution in [0, 0.1) is 5.92 Å². The van der Waals surface area contributed by atoms with Crippen LogP contribution in [0.25, 0.3) is 0 Å². The Kier molecular flexibility index (Phi) is 1.90. The molecule has 2 nitrogen and oxygen atoms in total. The van der Waals surface area contributed by atoms with Crippen LogP contribution in [0.3, 0.4) is 0 Å². The molecule has 0 spiro atoms. The minimum absolute atomic E-state index is 0.0111. The van der Waals surface area contributed by atoms with Gasteiger partial charge in [0.15, 0.2) is 0 Å². The van der Waals surface area contributed by atoms with E-state index in [1.807, 2.05) is 0 Å². The molecule has 0 aromatic rings. The molecule has 0 bridgehead atoms. The predicted molar refractivity (Wildman–Crippen MR) is 40.4 cm³/mol. The van der Waals surface area contributed by atoms with Gasteiger partial charge in [-0.3, -0.25) is 4.79 Å². The van der Waals surface area contributed by atoms with Crippen LogP contribution >= 0.6 is 0 Å². The van der Waals surface area contributed by atoms with E-state index in [4.69, 9.17) is 0 Å². The molecule has 1 heterocycles. The van der Waals surface area contributed by atoms with Crippen molar-refractivity contribution < 1.29 is 4.79 Å². The maximum absolute atomic E-state index is 10.9. The van der Waals surface area contributed by atoms with Crippen LogP contribution in [0.4, 0.5) is 0 Å². The summed E-state index contributed by atoms with van der Waals surface area (Å²) in [4.78, 5) is 10.9. The van der Waals surface area contributed by atoms with E-state index >= 15 is 0 Å². The molecule has 1 rings (SSSR count). The number of carbonyl (C=O) groups is 1. The Hall–Kier alpha value is -1.05. The number of rotatable bonds is 2. The van der Waals surface area contributed by atoms with Crippen molar-refractivity contribution in [1.82, 2.24) is 5.32 Å². The van der Waals surface area contributed by atoms with Gasteiger partial charge in [-0.15, -0.1) is 13.2 Å². The van der Waals surface area contributed by atoms with E-state index in [0.717, 1.165) is 6.42 Å². The first kappa shape index (κ1) is 7.06. The standard InChI is InChI=1S/C8H11NO/c1-3-6-5-7(4-2)9-8(6)10/h3-4,6-7H,1-2,5H2,(H,9,10)/t6-,7+/m1/s1. The quantitative estimate of drug-likeness (QED) is 0.562. The molecular weight excluding hydrogens is 126 g/mol. The Morgan fingerprint density at radius 2 is 2.20 bits per heavy atom. The Balaban J connectivity index is 2.60. The van der Waals surface area contributed by atoms with E-state index in [0.29, 0.717) is 0 Å². The minimum Gasteiger partial charge on any atom is -0.349 e. The summed E-state index contributed by atoms with van der Waals surface area (Å²) in [5.74, 6) is 0.0582. The molecule has 10 heavy (non-hydrogen) atoms. The Labute approximate surface area is 60.6 Å². The van der Waals surface area contributed by atoms with Crippen molar-refractivity contribution in [2.45, 2.75) is 12.5 Å². The summed E-state index contributed by atoms with van der Waals surface area (Å²) in [5, 5.41) is 2.78. The van der Waals surface area contributed by atoms with Crippen molar-refractivity contribution in [3.63, 3.8) is 0 Å². The number of amides is 1. The Bertz CT molecular complexity index is 174. The molecular formula is C8H11NO. The van der Waals surface area contributed by atoms with E-state index in [-0.39, 0.29) is 17.9 Å². The van der Waals surface area contributed by atoms with Gasteiger partial charge in [0.05, 0.1) is 5.92 Å². The molecule has 1 aliphatic heterocycles. The molecule has 1 amide bonds. The molecule has 0 aliphatic carbocycles. The fourth-order valence-corrected chi connectivity index (χ4v) is 1.09. The minimum atomic E-state index is -0.0111. The zero-order valence-corrected chi connectivity index (χ0v) is 5.84. The van der Waals surface area contributed by atoms with Gasteiger partial charge >= 0.3 is 0 Å². The maximum Gasteiger partial charge on any atom is 0.227 e. The molecule has 0 aromatic heterocycles. The second kappa shape index (κ2) is 2.69. The molecule has 0 aromatic carbocycles. The second-order valence-corrected chi connectivity index (χ2v) is 2.43. The van der Waals surface area contributed by atoms with Crippen molar-refractivity contribution in [3.05, 3.63) is 25.3 Å². The lowest BCUT2D eigenvalue weighted by Gasteiger charge is -1.98. The lowest BCUT2D eigenvalue weighted by Crippen LogP contribution is -2.23. The summed E-state index contributed by atoms with van der Waals surface area (Å²) in [5.41, 5.74) is 0. The molecule has 0 saturated carbocycles. The van der Waals surface area contributed by atoms with Crippen LogP contribution in [0.1, 0.15) is 6.42 Å². The molecule has 2 atom stereocenters. The maximum atomic E-state index is 10.9. The number of hydrogen-bond acceptors (Lipinski definition) is 1. The van der Waals surface area contributed by atoms with Crippen molar-refractivity contribution in [3.8, 4) is 0 Å². The summed E-state index contributed by atoms with van der Waals surface area (Å²) in [6, 6.07) is 0.149. The molecule has 1 fully saturated rings. The second-order valence-electron chi connectivity index (χ2n) is 2.43. The fraction of sp³-hybridized carbons (Fsp3) is 0.375. The van der Waals surface area contributed by atoms with Crippen LogP contribution in [0.15, 0.2) is 25.3 Å². The summed E-state index contributed by atoms with van der Waals surface area (Å²) in [6.07, 6.45) is 4.24. The van der Waals surface area contributed by atoms with Crippen LogP contribution < -0.4 is 5.32 Å². The highest BCUT2D eigenvalue weighted by atomic mass is 16.2. The van der Waals surface area contributed by atoms with Gasteiger partial charge < -0.3 is 5.32 Å². The van der Waals surface area contributed by atoms with Crippen LogP contribution in [0.5, 0.6) is 0 Å². The number of carbonyl (C=O) groups excluding carboxylic acids is 1. The first-order valence-corrected chi connectivity index (χ1v) is 3.33. The van der Waals surface area contributed by atoms with E-state index in [2.05, 4.69) is 18.5 Å². The number of nitrogens with one attached hydrogen (secondary N) is 1. The first-order chi connectivity index (χ1) is 4.77. The van der Waals surface area contributed by atoms with Crippen LogP contribution in [0.2, 0.25) is 0 Å². The van der Waals surface area contributed by atoms with Gasteiger partial charge in [0.2, 0.25) is 5.91 Å². The smallest absolute Gasteiger partial charge is 0.227 e. The molecule has 1 saturated heterocycles. The molecule has 2 heteroatoms. The fourth-order valence-electron chi connectivity index (χ4n) is 1.09. The molecule has 1 N–H and O–H groups in total. The van der Waals surface area contributed by atoms with E-state index in [1.54, 1.807) is 12.2 Å². The number of hydrogen-bond donors (Lipinski definition) is 1. The van der Waals surface area contributed by atoms with Gasteiger partial charge in [0.1, 0.15) is 0 Å². The lowest BCUT2D eigenvalue weighted by molar-refractivity contribution is -0.121. The zero-order valence-electron chi connectivity index (χ0n) is 5.84. The van der Waals surface area contributed by atoms with E-state index < -0.39 is 0 Å². The summed E-state index contributed by atoms with van der Waals surface area (Å²) in [6.45, 7) is 7.16. The highest BCUT2D eigenvalue weighted by Crippen LogP contribution is 2.16. The van der Waals surface area contributed by atoms with Crippen molar-refractivity contribution in [2.24, 2.45) is 5.92 Å². The topological polar surface area (TPSA) is 29.1 Å². The normalized spacial score (nSPS) is 31.4. The summed E-state index contributed by atoms with van der Waals surface area (Å²) < 4.78 is 0. The lowest BCUT2D eigenvalue weighted by atomic mass is 10.1. The van der Waals surface area contributed by atoms with E-state index in [9.17, 15) is 4.79 Å². The van der Waals surface area contributed by atoms with Crippen molar-refractivity contribution >= 4 is 5.91 Å². The average Bonchev–Trinajstić information content (AvgIpc) is 2.30. The third-order valence-electron chi connectivity index (χ3n) is 1.74. The largest absolute Gasteiger partial charge is 0.349 e. The zero-order chi connectivity index (χ0) is 7.56.